The number of aromatic nitrogens is 2. The summed E-state index contributed by atoms with van der Waals surface area (Å²) in [6, 6.07) is 0.513. The van der Waals surface area contributed by atoms with Gasteiger partial charge in [0.1, 0.15) is 0 Å². The maximum Gasteiger partial charge on any atom is 0.0949 e. The zero-order chi connectivity index (χ0) is 12.0. The highest BCUT2D eigenvalue weighted by Gasteiger charge is 2.00. The van der Waals surface area contributed by atoms with Crippen LogP contribution in [-0.2, 0) is 13.1 Å². The summed E-state index contributed by atoms with van der Waals surface area (Å²) in [4.78, 5) is 6.58. The fourth-order valence-corrected chi connectivity index (χ4v) is 1.50. The fraction of sp³-hybridized carbons (Fsp3) is 0.750. The van der Waals surface area contributed by atoms with Crippen molar-refractivity contribution in [1.82, 2.24) is 19.8 Å². The Hall–Kier alpha value is -0.870. The van der Waals surface area contributed by atoms with Crippen LogP contribution in [0.25, 0.3) is 0 Å². The average Bonchev–Trinajstić information content (AvgIpc) is 2.62. The second-order valence-electron chi connectivity index (χ2n) is 4.80. The largest absolute Gasteiger partial charge is 0.337 e. The summed E-state index contributed by atoms with van der Waals surface area (Å²) in [6.07, 6.45) is 5.22. The number of rotatable bonds is 7. The van der Waals surface area contributed by atoms with E-state index in [1.165, 1.54) is 6.42 Å². The van der Waals surface area contributed by atoms with E-state index in [-0.39, 0.29) is 0 Å². The molecule has 1 N–H and O–H groups in total. The standard InChI is InChI=1S/C12H24N4/c1-11(2)13-8-12-9-16(10-14-12)7-5-6-15(3)4/h9-11,13H,5-8H2,1-4H3. The molecule has 0 aliphatic carbocycles. The average molecular weight is 224 g/mol. The molecular formula is C12H24N4. The lowest BCUT2D eigenvalue weighted by molar-refractivity contribution is 0.386. The van der Waals surface area contributed by atoms with Crippen molar-refractivity contribution in [2.75, 3.05) is 20.6 Å². The Kier molecular flexibility index (Phi) is 5.49. The van der Waals surface area contributed by atoms with Gasteiger partial charge in [-0.15, -0.1) is 0 Å². The van der Waals surface area contributed by atoms with Crippen LogP contribution in [0.2, 0.25) is 0 Å². The third-order valence-corrected chi connectivity index (χ3v) is 2.40. The summed E-state index contributed by atoms with van der Waals surface area (Å²) in [7, 11) is 4.21. The summed E-state index contributed by atoms with van der Waals surface area (Å²) in [6.45, 7) is 7.32. The van der Waals surface area contributed by atoms with E-state index >= 15 is 0 Å². The number of nitrogens with zero attached hydrogens (tertiary/aromatic N) is 3. The van der Waals surface area contributed by atoms with Gasteiger partial charge in [-0.2, -0.15) is 0 Å². The van der Waals surface area contributed by atoms with Crippen molar-refractivity contribution < 1.29 is 0 Å². The second-order valence-corrected chi connectivity index (χ2v) is 4.80. The predicted molar refractivity (Wildman–Crippen MR) is 67.4 cm³/mol. The van der Waals surface area contributed by atoms with Crippen LogP contribution in [0.15, 0.2) is 12.5 Å². The highest BCUT2D eigenvalue weighted by molar-refractivity contribution is 4.96. The smallest absolute Gasteiger partial charge is 0.0949 e. The molecule has 4 nitrogen and oxygen atoms in total. The number of aryl methyl sites for hydroxylation is 1. The summed E-state index contributed by atoms with van der Waals surface area (Å²) in [5.41, 5.74) is 1.12. The van der Waals surface area contributed by atoms with Crippen LogP contribution in [-0.4, -0.2) is 41.1 Å². The molecule has 1 aromatic rings. The summed E-state index contributed by atoms with van der Waals surface area (Å²) in [5, 5.41) is 3.37. The van der Waals surface area contributed by atoms with Gasteiger partial charge in [-0.05, 0) is 27.1 Å². The normalized spacial score (nSPS) is 11.6. The van der Waals surface area contributed by atoms with Gasteiger partial charge in [-0.25, -0.2) is 4.98 Å². The Morgan fingerprint density at radius 2 is 2.19 bits per heavy atom. The van der Waals surface area contributed by atoms with Crippen molar-refractivity contribution in [2.24, 2.45) is 0 Å². The first-order valence-electron chi connectivity index (χ1n) is 5.96. The van der Waals surface area contributed by atoms with Crippen molar-refractivity contribution in [2.45, 2.75) is 39.4 Å². The van der Waals surface area contributed by atoms with E-state index in [1.807, 2.05) is 6.33 Å². The molecule has 4 heteroatoms. The third kappa shape index (κ3) is 5.28. The molecule has 0 saturated heterocycles. The molecule has 1 heterocycles. The lowest BCUT2D eigenvalue weighted by Gasteiger charge is -2.09. The van der Waals surface area contributed by atoms with Gasteiger partial charge in [0, 0.05) is 25.3 Å². The maximum absolute atomic E-state index is 4.37. The highest BCUT2D eigenvalue weighted by Crippen LogP contribution is 1.98. The van der Waals surface area contributed by atoms with E-state index in [0.29, 0.717) is 6.04 Å². The molecule has 0 spiro atoms. The molecule has 0 unspecified atom stereocenters. The Morgan fingerprint density at radius 1 is 1.44 bits per heavy atom. The molecule has 0 bridgehead atoms. The van der Waals surface area contributed by atoms with Crippen molar-refractivity contribution in [3.8, 4) is 0 Å². The summed E-state index contributed by atoms with van der Waals surface area (Å²) in [5.74, 6) is 0. The van der Waals surface area contributed by atoms with Gasteiger partial charge in [0.15, 0.2) is 0 Å². The molecule has 0 aromatic carbocycles. The molecule has 92 valence electrons. The van der Waals surface area contributed by atoms with Gasteiger partial charge < -0.3 is 14.8 Å². The van der Waals surface area contributed by atoms with Gasteiger partial charge in [-0.1, -0.05) is 13.8 Å². The first-order chi connectivity index (χ1) is 7.58. The Labute approximate surface area is 98.7 Å². The lowest BCUT2D eigenvalue weighted by atomic mass is 10.3. The number of imidazole rings is 1. The van der Waals surface area contributed by atoms with Crippen LogP contribution < -0.4 is 5.32 Å². The first-order valence-corrected chi connectivity index (χ1v) is 5.96. The molecule has 0 saturated carbocycles. The van der Waals surface area contributed by atoms with Crippen molar-refractivity contribution in [1.29, 1.82) is 0 Å². The minimum absolute atomic E-state index is 0.513. The van der Waals surface area contributed by atoms with E-state index in [0.717, 1.165) is 25.3 Å². The lowest BCUT2D eigenvalue weighted by Crippen LogP contribution is -2.21. The van der Waals surface area contributed by atoms with Crippen LogP contribution >= 0.6 is 0 Å². The molecule has 0 aliphatic rings. The quantitative estimate of drug-likeness (QED) is 0.758. The van der Waals surface area contributed by atoms with E-state index in [4.69, 9.17) is 0 Å². The molecule has 0 amide bonds. The molecule has 0 fully saturated rings. The zero-order valence-electron chi connectivity index (χ0n) is 10.9. The molecule has 1 aromatic heterocycles. The van der Waals surface area contributed by atoms with E-state index < -0.39 is 0 Å². The van der Waals surface area contributed by atoms with Crippen LogP contribution in [0.1, 0.15) is 26.0 Å². The van der Waals surface area contributed by atoms with E-state index in [9.17, 15) is 0 Å². The number of hydrogen-bond donors (Lipinski definition) is 1. The monoisotopic (exact) mass is 224 g/mol. The minimum atomic E-state index is 0.513. The SMILES string of the molecule is CC(C)NCc1cn(CCCN(C)C)cn1. The van der Waals surface area contributed by atoms with Gasteiger partial charge in [0.25, 0.3) is 0 Å². The second kappa shape index (κ2) is 6.66. The molecule has 0 atom stereocenters. The van der Waals surface area contributed by atoms with Gasteiger partial charge in [0.2, 0.25) is 0 Å². The summed E-state index contributed by atoms with van der Waals surface area (Å²) >= 11 is 0. The topological polar surface area (TPSA) is 33.1 Å². The Bertz CT molecular complexity index is 291. The highest BCUT2D eigenvalue weighted by atomic mass is 15.1. The van der Waals surface area contributed by atoms with Gasteiger partial charge in [0.05, 0.1) is 12.0 Å². The van der Waals surface area contributed by atoms with Crippen molar-refractivity contribution in [3.05, 3.63) is 18.2 Å². The zero-order valence-corrected chi connectivity index (χ0v) is 10.9. The van der Waals surface area contributed by atoms with Crippen LogP contribution in [0.3, 0.4) is 0 Å². The fourth-order valence-electron chi connectivity index (χ4n) is 1.50. The van der Waals surface area contributed by atoms with Crippen LogP contribution in [0.5, 0.6) is 0 Å². The van der Waals surface area contributed by atoms with Crippen molar-refractivity contribution in [3.63, 3.8) is 0 Å². The third-order valence-electron chi connectivity index (χ3n) is 2.40. The molecule has 0 aliphatic heterocycles. The van der Waals surface area contributed by atoms with Crippen LogP contribution in [0.4, 0.5) is 0 Å². The van der Waals surface area contributed by atoms with Gasteiger partial charge in [-0.3, -0.25) is 0 Å². The maximum atomic E-state index is 4.37. The first kappa shape index (κ1) is 13.2. The summed E-state index contributed by atoms with van der Waals surface area (Å²) < 4.78 is 2.17. The molecular weight excluding hydrogens is 200 g/mol. The minimum Gasteiger partial charge on any atom is -0.337 e. The van der Waals surface area contributed by atoms with E-state index in [1.54, 1.807) is 0 Å². The Balaban J connectivity index is 2.28. The molecule has 16 heavy (non-hydrogen) atoms. The molecule has 0 radical (unpaired) electrons. The Morgan fingerprint density at radius 3 is 2.81 bits per heavy atom. The van der Waals surface area contributed by atoms with Crippen molar-refractivity contribution >= 4 is 0 Å². The van der Waals surface area contributed by atoms with Crippen LogP contribution in [0, 0.1) is 0 Å². The van der Waals surface area contributed by atoms with Gasteiger partial charge >= 0.3 is 0 Å². The van der Waals surface area contributed by atoms with E-state index in [2.05, 4.69) is 53.9 Å². The predicted octanol–water partition coefficient (Wildman–Crippen LogP) is 1.33. The molecule has 1 rings (SSSR count). The number of nitrogens with one attached hydrogen (secondary N) is 1. The number of hydrogen-bond acceptors (Lipinski definition) is 3.